The van der Waals surface area contributed by atoms with Gasteiger partial charge in [0.25, 0.3) is 5.56 Å². The molecule has 0 aliphatic carbocycles. The smallest absolute Gasteiger partial charge is 0.431 e. The van der Waals surface area contributed by atoms with Crippen molar-refractivity contribution in [2.75, 3.05) is 20.2 Å². The van der Waals surface area contributed by atoms with Gasteiger partial charge in [-0.15, -0.1) is 0 Å². The number of nitrogens with zero attached hydrogens (tertiary/aromatic N) is 4. The van der Waals surface area contributed by atoms with E-state index in [4.69, 9.17) is 7.48 Å². The van der Waals surface area contributed by atoms with Crippen LogP contribution in [0.5, 0.6) is 11.8 Å². The molecule has 7 nitrogen and oxygen atoms in total. The highest BCUT2D eigenvalue weighted by atomic mass is 19.4. The number of likely N-dealkylation sites (N-methyl/N-ethyl adjacent to an activating group) is 1. The summed E-state index contributed by atoms with van der Waals surface area (Å²) in [5.74, 6) is -3.88. The fourth-order valence-corrected chi connectivity index (χ4v) is 5.88. The highest BCUT2D eigenvalue weighted by Crippen LogP contribution is 2.38. The van der Waals surface area contributed by atoms with Crippen LogP contribution in [0.1, 0.15) is 78.8 Å². The van der Waals surface area contributed by atoms with E-state index < -0.39 is 75.9 Å². The summed E-state index contributed by atoms with van der Waals surface area (Å²) in [6.07, 6.45) is -0.519. The molecule has 1 aliphatic heterocycles. The maximum atomic E-state index is 15.2. The van der Waals surface area contributed by atoms with E-state index in [1.807, 2.05) is 13.8 Å². The number of phenolic OH excluding ortho intramolecular Hbond substituents is 1. The van der Waals surface area contributed by atoms with Crippen molar-refractivity contribution < 1.29 is 34.5 Å². The minimum atomic E-state index is -5.17. The van der Waals surface area contributed by atoms with Gasteiger partial charge >= 0.3 is 12.2 Å². The first-order valence-electron chi connectivity index (χ1n) is 15.7. The highest BCUT2D eigenvalue weighted by molar-refractivity contribution is 5.93. The molecule has 1 unspecified atom stereocenters. The molecule has 1 saturated heterocycles. The van der Waals surface area contributed by atoms with Crippen molar-refractivity contribution in [3.8, 4) is 17.4 Å². The second-order valence-electron chi connectivity index (χ2n) is 11.2. The molecular formula is C32H35F5N4O3. The Labute approximate surface area is 254 Å². The van der Waals surface area contributed by atoms with Crippen LogP contribution in [0.25, 0.3) is 27.4 Å². The number of unbranched alkanes of at least 4 members (excludes halogenated alkanes) is 2. The van der Waals surface area contributed by atoms with Crippen LogP contribution in [0, 0.1) is 11.6 Å². The lowest BCUT2D eigenvalue weighted by Crippen LogP contribution is -2.31. The van der Waals surface area contributed by atoms with Gasteiger partial charge in [0.05, 0.1) is 14.1 Å². The van der Waals surface area contributed by atoms with Gasteiger partial charge in [0.15, 0.2) is 11.6 Å². The predicted octanol–water partition coefficient (Wildman–Crippen LogP) is 7.48. The summed E-state index contributed by atoms with van der Waals surface area (Å²) >= 11 is 0. The van der Waals surface area contributed by atoms with Crippen LogP contribution in [0.2, 0.25) is 0 Å². The lowest BCUT2D eigenvalue weighted by molar-refractivity contribution is -0.142. The van der Waals surface area contributed by atoms with Gasteiger partial charge in [0.1, 0.15) is 23.5 Å². The number of ether oxygens (including phenoxy) is 1. The van der Waals surface area contributed by atoms with Crippen LogP contribution in [-0.2, 0) is 6.18 Å². The van der Waals surface area contributed by atoms with E-state index in [1.165, 1.54) is 0 Å². The Morgan fingerprint density at radius 1 is 1.16 bits per heavy atom. The van der Waals surface area contributed by atoms with E-state index in [0.29, 0.717) is 31.9 Å². The van der Waals surface area contributed by atoms with Crippen molar-refractivity contribution in [3.05, 3.63) is 63.7 Å². The zero-order valence-corrected chi connectivity index (χ0v) is 24.6. The number of rotatable bonds is 10. The van der Waals surface area contributed by atoms with Crippen molar-refractivity contribution in [2.45, 2.75) is 76.9 Å². The van der Waals surface area contributed by atoms with Crippen molar-refractivity contribution >= 4 is 21.7 Å². The molecule has 12 heteroatoms. The Morgan fingerprint density at radius 3 is 2.59 bits per heavy atom. The number of aromatic hydroxyl groups is 1. The van der Waals surface area contributed by atoms with E-state index in [1.54, 1.807) is 11.9 Å². The van der Waals surface area contributed by atoms with Gasteiger partial charge in [-0.3, -0.25) is 9.36 Å². The van der Waals surface area contributed by atoms with Crippen LogP contribution >= 0.6 is 0 Å². The average molecular weight is 621 g/mol. The number of benzene rings is 2. The fourth-order valence-electron chi connectivity index (χ4n) is 5.88. The molecule has 1 N–H and O–H groups in total. The van der Waals surface area contributed by atoms with Gasteiger partial charge in [-0.05, 0) is 62.9 Å². The summed E-state index contributed by atoms with van der Waals surface area (Å²) < 4.78 is 97.1. The number of halogens is 5. The minimum absolute atomic E-state index is 0.0990. The summed E-state index contributed by atoms with van der Waals surface area (Å²) in [5, 5.41) is 9.37. The summed E-state index contributed by atoms with van der Waals surface area (Å²) in [6.45, 7) is 2.16. The van der Waals surface area contributed by atoms with Crippen molar-refractivity contribution in [2.24, 2.45) is 0 Å². The van der Waals surface area contributed by atoms with Gasteiger partial charge in [-0.1, -0.05) is 39.2 Å². The van der Waals surface area contributed by atoms with E-state index in [-0.39, 0.29) is 21.0 Å². The van der Waals surface area contributed by atoms with Crippen LogP contribution < -0.4 is 10.3 Å². The van der Waals surface area contributed by atoms with E-state index in [2.05, 4.69) is 9.97 Å². The number of alkyl halides is 3. The molecule has 1 fully saturated rings. The van der Waals surface area contributed by atoms with Gasteiger partial charge in [0.2, 0.25) is 0 Å². The Morgan fingerprint density at radius 2 is 1.93 bits per heavy atom. The molecule has 1 aliphatic rings. The third-order valence-electron chi connectivity index (χ3n) is 8.23. The Bertz CT molecular complexity index is 1830. The summed E-state index contributed by atoms with van der Waals surface area (Å²) in [6, 6.07) is 3.14. The Hall–Kier alpha value is -3.80. The molecule has 0 spiro atoms. The number of fused-ring (bicyclic) bond motifs is 2. The molecule has 0 amide bonds. The molecule has 4 aromatic rings. The maximum Gasteiger partial charge on any atom is 0.431 e. The number of aromatic nitrogens is 3. The van der Waals surface area contributed by atoms with Crippen LogP contribution in [0.15, 0.2) is 35.1 Å². The quantitative estimate of drug-likeness (QED) is 0.146. The van der Waals surface area contributed by atoms with Gasteiger partial charge in [0, 0.05) is 28.8 Å². The third kappa shape index (κ3) is 6.09. The molecule has 0 saturated carbocycles. The fraction of sp³-hybridized carbons (Fsp3) is 0.469. The number of phenols is 1. The zero-order chi connectivity index (χ0) is 33.6. The van der Waals surface area contributed by atoms with Crippen molar-refractivity contribution in [1.82, 2.24) is 19.4 Å². The Kier molecular flexibility index (Phi) is 8.33. The monoisotopic (exact) mass is 620 g/mol. The summed E-state index contributed by atoms with van der Waals surface area (Å²) in [4.78, 5) is 24.6. The SMILES string of the molecule is [2H]C([2H])(Oc1nc(C(CC)CCCCC)c2cc(C(F)(F)F)n(-c3cc(O)cc4ccc(F)c(F)c34)c(=O)c2n1)[C@@H]1CCCN1C. The lowest BCUT2D eigenvalue weighted by atomic mass is 9.92. The number of likely N-dealkylation sites (tertiary alicyclic amines) is 1. The van der Waals surface area contributed by atoms with Crippen LogP contribution in [-0.4, -0.2) is 50.7 Å². The lowest BCUT2D eigenvalue weighted by Gasteiger charge is -2.22. The summed E-state index contributed by atoms with van der Waals surface area (Å²) in [7, 11) is 1.74. The molecule has 236 valence electrons. The third-order valence-corrected chi connectivity index (χ3v) is 8.23. The molecule has 3 heterocycles. The van der Waals surface area contributed by atoms with Crippen molar-refractivity contribution in [3.63, 3.8) is 0 Å². The normalized spacial score (nSPS) is 17.7. The first-order valence-corrected chi connectivity index (χ1v) is 14.7. The molecule has 2 atom stereocenters. The zero-order valence-electron chi connectivity index (χ0n) is 26.6. The largest absolute Gasteiger partial charge is 0.508 e. The second kappa shape index (κ2) is 12.7. The van der Waals surface area contributed by atoms with Crippen LogP contribution in [0.4, 0.5) is 22.0 Å². The van der Waals surface area contributed by atoms with Crippen molar-refractivity contribution in [1.29, 1.82) is 0 Å². The topological polar surface area (TPSA) is 80.5 Å². The van der Waals surface area contributed by atoms with E-state index in [0.717, 1.165) is 49.9 Å². The number of hydrogen-bond acceptors (Lipinski definition) is 6. The molecule has 2 aromatic carbocycles. The minimum Gasteiger partial charge on any atom is -0.508 e. The highest BCUT2D eigenvalue weighted by Gasteiger charge is 2.38. The molecule has 0 bridgehead atoms. The molecule has 5 rings (SSSR count). The summed E-state index contributed by atoms with van der Waals surface area (Å²) in [5.41, 5.74) is -4.03. The average Bonchev–Trinajstić information content (AvgIpc) is 3.43. The predicted molar refractivity (Wildman–Crippen MR) is 158 cm³/mol. The molecule has 44 heavy (non-hydrogen) atoms. The Balaban J connectivity index is 1.85. The molecular weight excluding hydrogens is 583 g/mol. The molecule has 0 radical (unpaired) electrons. The van der Waals surface area contributed by atoms with Gasteiger partial charge in [-0.2, -0.15) is 23.1 Å². The van der Waals surface area contributed by atoms with E-state index in [9.17, 15) is 27.5 Å². The standard InChI is InChI=1S/C32H35F5N4O3/c1-4-6-7-9-18(5-2)28-22-16-25(32(35,36)37)41(24-15-21(42)14-19-11-12-23(33)27(34)26(19)24)30(43)29(22)39-31(38-28)44-17-20-10-8-13-40(20)3/h11-12,14-16,18,20,42H,4-10,13,17H2,1-3H3/t18?,20-/m0/s1/i17D2. The second-order valence-corrected chi connectivity index (χ2v) is 11.2. The first-order chi connectivity index (χ1) is 21.7. The number of hydrogen-bond donors (Lipinski definition) is 1. The first kappa shape index (κ1) is 28.9. The van der Waals surface area contributed by atoms with Crippen LogP contribution in [0.3, 0.4) is 0 Å². The van der Waals surface area contributed by atoms with E-state index >= 15 is 4.39 Å². The van der Waals surface area contributed by atoms with Gasteiger partial charge in [-0.25, -0.2) is 8.78 Å². The number of pyridine rings is 1. The van der Waals surface area contributed by atoms with Gasteiger partial charge < -0.3 is 14.7 Å². The maximum absolute atomic E-state index is 15.2. The molecule has 2 aromatic heterocycles.